The SMILES string of the molecule is CC1(C)S[C@@H]2[C@H](N=CN3CC4CCC(CC4)C3)C(=O)N2[C@H]1C(=O)O. The van der Waals surface area contributed by atoms with Gasteiger partial charge in [-0.3, -0.25) is 9.79 Å². The van der Waals surface area contributed by atoms with Gasteiger partial charge >= 0.3 is 5.97 Å². The fourth-order valence-electron chi connectivity index (χ4n) is 4.72. The highest BCUT2D eigenvalue weighted by atomic mass is 32.2. The van der Waals surface area contributed by atoms with Crippen molar-refractivity contribution in [3.63, 3.8) is 0 Å². The van der Waals surface area contributed by atoms with Crippen molar-refractivity contribution in [2.75, 3.05) is 13.1 Å². The summed E-state index contributed by atoms with van der Waals surface area (Å²) in [6.07, 6.45) is 7.14. The van der Waals surface area contributed by atoms with E-state index in [9.17, 15) is 14.7 Å². The number of rotatable bonds is 3. The zero-order valence-corrected chi connectivity index (χ0v) is 15.0. The Morgan fingerprint density at radius 3 is 2.38 bits per heavy atom. The third-order valence-corrected chi connectivity index (χ3v) is 7.55. The molecule has 0 aromatic heterocycles. The van der Waals surface area contributed by atoms with Crippen LogP contribution in [0.1, 0.15) is 39.5 Å². The summed E-state index contributed by atoms with van der Waals surface area (Å²) in [5.41, 5.74) is 0. The number of nitrogens with zero attached hydrogens (tertiary/aromatic N) is 3. The van der Waals surface area contributed by atoms with Gasteiger partial charge in [0.25, 0.3) is 5.91 Å². The molecule has 4 heterocycles. The number of aliphatic imine (C=N–C) groups is 1. The molecular formula is C17H25N3O3S. The van der Waals surface area contributed by atoms with Crippen molar-refractivity contribution < 1.29 is 14.7 Å². The Labute approximate surface area is 146 Å². The maximum Gasteiger partial charge on any atom is 0.327 e. The second kappa shape index (κ2) is 5.64. The molecule has 0 radical (unpaired) electrons. The lowest BCUT2D eigenvalue weighted by Crippen LogP contribution is -2.65. The van der Waals surface area contributed by atoms with Crippen LogP contribution in [0.2, 0.25) is 0 Å². The Balaban J connectivity index is 1.45. The lowest BCUT2D eigenvalue weighted by Gasteiger charge is -2.41. The van der Waals surface area contributed by atoms with E-state index in [0.717, 1.165) is 24.9 Å². The first-order valence-electron chi connectivity index (χ1n) is 8.87. The summed E-state index contributed by atoms with van der Waals surface area (Å²) >= 11 is 1.56. The summed E-state index contributed by atoms with van der Waals surface area (Å²) in [7, 11) is 0. The van der Waals surface area contributed by atoms with Gasteiger partial charge in [-0.1, -0.05) is 0 Å². The van der Waals surface area contributed by atoms with Crippen molar-refractivity contribution in [2.24, 2.45) is 16.8 Å². The molecule has 0 aromatic carbocycles. The lowest BCUT2D eigenvalue weighted by molar-refractivity contribution is -0.158. The molecule has 0 spiro atoms. The van der Waals surface area contributed by atoms with E-state index in [2.05, 4.69) is 9.89 Å². The van der Waals surface area contributed by atoms with Crippen molar-refractivity contribution in [2.45, 2.75) is 61.7 Å². The van der Waals surface area contributed by atoms with Crippen molar-refractivity contribution in [3.05, 3.63) is 0 Å². The van der Waals surface area contributed by atoms with E-state index in [1.165, 1.54) is 30.6 Å². The van der Waals surface area contributed by atoms with Gasteiger partial charge in [0.2, 0.25) is 0 Å². The molecule has 3 atom stereocenters. The predicted octanol–water partition coefficient (Wildman–Crippen LogP) is 1.65. The van der Waals surface area contributed by atoms with Crippen molar-refractivity contribution in [1.29, 1.82) is 0 Å². The van der Waals surface area contributed by atoms with Crippen LogP contribution >= 0.6 is 11.8 Å². The molecule has 0 unspecified atom stereocenters. The zero-order valence-electron chi connectivity index (χ0n) is 14.2. The second-order valence-electron chi connectivity index (χ2n) is 8.15. The standard InChI is InChI=1S/C17H25N3O3S/c1-17(2)13(16(22)23)20-14(21)12(15(20)24-17)18-9-19-7-10-3-4-11(8-19)6-5-10/h9-13,15H,3-8H2,1-2H3,(H,22,23)/t10?,11?,12-,13+,15-/m1/s1. The molecule has 1 amide bonds. The van der Waals surface area contributed by atoms with Crippen molar-refractivity contribution in [3.8, 4) is 0 Å². The molecule has 4 aliphatic heterocycles. The van der Waals surface area contributed by atoms with Gasteiger partial charge in [-0.05, 0) is 51.4 Å². The molecule has 24 heavy (non-hydrogen) atoms. The van der Waals surface area contributed by atoms with E-state index in [1.807, 2.05) is 20.2 Å². The number of β-lactam (4-membered cyclic amide) rings is 1. The largest absolute Gasteiger partial charge is 0.480 e. The van der Waals surface area contributed by atoms with Crippen LogP contribution in [0.15, 0.2) is 4.99 Å². The summed E-state index contributed by atoms with van der Waals surface area (Å²) in [6, 6.07) is -1.17. The molecule has 4 saturated heterocycles. The minimum absolute atomic E-state index is 0.131. The van der Waals surface area contributed by atoms with Crippen LogP contribution in [0.5, 0.6) is 0 Å². The normalized spacial score (nSPS) is 40.6. The third kappa shape index (κ3) is 2.52. The van der Waals surface area contributed by atoms with Gasteiger partial charge in [0.1, 0.15) is 11.4 Å². The number of carbonyl (C=O) groups excluding carboxylic acids is 1. The Morgan fingerprint density at radius 1 is 1.25 bits per heavy atom. The van der Waals surface area contributed by atoms with Gasteiger partial charge in [-0.15, -0.1) is 11.8 Å². The molecule has 132 valence electrons. The van der Waals surface area contributed by atoms with Gasteiger partial charge in [0.15, 0.2) is 6.04 Å². The molecule has 1 N–H and O–H groups in total. The molecular weight excluding hydrogens is 326 g/mol. The van der Waals surface area contributed by atoms with E-state index in [4.69, 9.17) is 0 Å². The van der Waals surface area contributed by atoms with Crippen LogP contribution in [0, 0.1) is 11.8 Å². The number of carboxylic acid groups (broad SMARTS) is 1. The third-order valence-electron chi connectivity index (χ3n) is 5.99. The quantitative estimate of drug-likeness (QED) is 0.475. The maximum atomic E-state index is 12.4. The Bertz CT molecular complexity index is 572. The fourth-order valence-corrected chi connectivity index (χ4v) is 6.35. The first-order valence-corrected chi connectivity index (χ1v) is 9.75. The monoisotopic (exact) mass is 351 g/mol. The molecule has 2 bridgehead atoms. The van der Waals surface area contributed by atoms with E-state index >= 15 is 0 Å². The van der Waals surface area contributed by atoms with E-state index < -0.39 is 22.8 Å². The molecule has 6 nitrogen and oxygen atoms in total. The summed E-state index contributed by atoms with van der Waals surface area (Å²) in [5, 5.41) is 9.32. The van der Waals surface area contributed by atoms with Gasteiger partial charge in [0.05, 0.1) is 6.34 Å². The molecule has 5 aliphatic rings. The van der Waals surface area contributed by atoms with Crippen LogP contribution in [0.25, 0.3) is 0 Å². The zero-order chi connectivity index (χ0) is 17.1. The molecule has 1 aliphatic carbocycles. The van der Waals surface area contributed by atoms with Gasteiger partial charge in [-0.25, -0.2) is 4.79 Å². The maximum absolute atomic E-state index is 12.4. The van der Waals surface area contributed by atoms with Gasteiger partial charge in [-0.2, -0.15) is 0 Å². The van der Waals surface area contributed by atoms with Crippen molar-refractivity contribution in [1.82, 2.24) is 9.80 Å². The molecule has 0 aromatic rings. The Hall–Kier alpha value is -1.24. The number of thioether (sulfide) groups is 1. The summed E-state index contributed by atoms with van der Waals surface area (Å²) in [4.78, 5) is 32.3. The molecule has 5 fully saturated rings. The summed E-state index contributed by atoms with van der Waals surface area (Å²) in [6.45, 7) is 5.89. The highest BCUT2D eigenvalue weighted by Crippen LogP contribution is 2.51. The highest BCUT2D eigenvalue weighted by Gasteiger charge is 2.63. The van der Waals surface area contributed by atoms with Crippen LogP contribution in [0.3, 0.4) is 0 Å². The molecule has 1 saturated carbocycles. The summed E-state index contributed by atoms with van der Waals surface area (Å²) < 4.78 is -0.474. The summed E-state index contributed by atoms with van der Waals surface area (Å²) in [5.74, 6) is 0.467. The van der Waals surface area contributed by atoms with Crippen LogP contribution < -0.4 is 0 Å². The lowest BCUT2D eigenvalue weighted by atomic mass is 9.84. The van der Waals surface area contributed by atoms with Gasteiger partial charge < -0.3 is 14.9 Å². The molecule has 7 heteroatoms. The van der Waals surface area contributed by atoms with E-state index in [1.54, 1.807) is 11.8 Å². The number of carboxylic acids is 1. The number of aliphatic carboxylic acids is 1. The Morgan fingerprint density at radius 2 is 1.83 bits per heavy atom. The number of amides is 1. The molecule has 5 rings (SSSR count). The van der Waals surface area contributed by atoms with Crippen LogP contribution in [0.4, 0.5) is 0 Å². The number of hydrogen-bond acceptors (Lipinski definition) is 4. The topological polar surface area (TPSA) is 73.2 Å². The van der Waals surface area contributed by atoms with E-state index in [-0.39, 0.29) is 11.3 Å². The minimum Gasteiger partial charge on any atom is -0.480 e. The number of carbonyl (C=O) groups is 2. The second-order valence-corrected chi connectivity index (χ2v) is 9.92. The first-order chi connectivity index (χ1) is 11.4. The number of fused-ring (bicyclic) bond motifs is 5. The van der Waals surface area contributed by atoms with Crippen LogP contribution in [-0.4, -0.2) is 68.4 Å². The predicted molar refractivity (Wildman–Crippen MR) is 93.0 cm³/mol. The Kier molecular flexibility index (Phi) is 3.82. The fraction of sp³-hybridized carbons (Fsp3) is 0.824. The van der Waals surface area contributed by atoms with Crippen LogP contribution in [-0.2, 0) is 9.59 Å². The highest BCUT2D eigenvalue weighted by molar-refractivity contribution is 8.01. The average molecular weight is 351 g/mol. The smallest absolute Gasteiger partial charge is 0.327 e. The average Bonchev–Trinajstić information content (AvgIpc) is 2.68. The van der Waals surface area contributed by atoms with Crippen molar-refractivity contribution >= 4 is 30.0 Å². The van der Waals surface area contributed by atoms with Gasteiger partial charge in [0, 0.05) is 17.8 Å². The minimum atomic E-state index is -0.921. The first kappa shape index (κ1) is 16.2. The van der Waals surface area contributed by atoms with E-state index in [0.29, 0.717) is 0 Å². The number of hydrogen-bond donors (Lipinski definition) is 1.